The minimum Gasteiger partial charge on any atom is -0.389 e. The van der Waals surface area contributed by atoms with Gasteiger partial charge >= 0.3 is 0 Å². The van der Waals surface area contributed by atoms with E-state index in [-0.39, 0.29) is 5.91 Å². The highest BCUT2D eigenvalue weighted by molar-refractivity contribution is 5.99. The number of nitrogens with one attached hydrogen (secondary N) is 1. The van der Waals surface area contributed by atoms with E-state index >= 15 is 0 Å². The van der Waals surface area contributed by atoms with Gasteiger partial charge in [-0.2, -0.15) is 0 Å². The molecule has 0 aliphatic carbocycles. The predicted molar refractivity (Wildman–Crippen MR) is 54.5 cm³/mol. The van der Waals surface area contributed by atoms with Crippen molar-refractivity contribution in [3.8, 4) is 0 Å². The van der Waals surface area contributed by atoms with Gasteiger partial charge < -0.3 is 10.4 Å². The summed E-state index contributed by atoms with van der Waals surface area (Å²) in [5.41, 5.74) is 1.01. The Kier molecular flexibility index (Phi) is 2.57. The van der Waals surface area contributed by atoms with E-state index in [1.165, 1.54) is 0 Å². The van der Waals surface area contributed by atoms with Gasteiger partial charge in [-0.25, -0.2) is 0 Å². The molecule has 0 saturated carbocycles. The highest BCUT2D eigenvalue weighted by atomic mass is 16.6. The van der Waals surface area contributed by atoms with Gasteiger partial charge in [-0.3, -0.25) is 14.9 Å². The minimum atomic E-state index is -1.20. The molecule has 0 aromatic heterocycles. The molecule has 1 amide bonds. The molecule has 84 valence electrons. The van der Waals surface area contributed by atoms with Crippen LogP contribution in [0, 0.1) is 10.1 Å². The minimum absolute atomic E-state index is 0.332. The van der Waals surface area contributed by atoms with Gasteiger partial charge in [-0.15, -0.1) is 0 Å². The van der Waals surface area contributed by atoms with Crippen LogP contribution in [-0.4, -0.2) is 28.6 Å². The summed E-state index contributed by atoms with van der Waals surface area (Å²) in [7, 11) is 0. The molecule has 1 aromatic rings. The second kappa shape index (κ2) is 3.90. The van der Waals surface area contributed by atoms with Crippen molar-refractivity contribution in [1.29, 1.82) is 0 Å². The molecule has 0 bridgehead atoms. The zero-order valence-electron chi connectivity index (χ0n) is 8.29. The molecule has 2 rings (SSSR count). The van der Waals surface area contributed by atoms with Crippen molar-refractivity contribution in [2.45, 2.75) is 12.1 Å². The Hall–Kier alpha value is -1.95. The van der Waals surface area contributed by atoms with E-state index in [0.717, 1.165) is 0 Å². The average Bonchev–Trinajstić information content (AvgIpc) is 2.58. The van der Waals surface area contributed by atoms with Crippen LogP contribution in [0.2, 0.25) is 0 Å². The second-order valence-corrected chi connectivity index (χ2v) is 3.57. The number of fused-ring (bicyclic) bond motifs is 1. The molecule has 0 unspecified atom stereocenters. The summed E-state index contributed by atoms with van der Waals surface area (Å²) in [4.78, 5) is 21.7. The summed E-state index contributed by atoms with van der Waals surface area (Å²) in [5.74, 6) is -0.332. The molecule has 1 heterocycles. The lowest BCUT2D eigenvalue weighted by atomic mass is 10.00. The fraction of sp³-hybridized carbons (Fsp3) is 0.300. The third-order valence-corrected chi connectivity index (χ3v) is 2.67. The van der Waals surface area contributed by atoms with Gasteiger partial charge in [0.05, 0.1) is 0 Å². The fourth-order valence-electron chi connectivity index (χ4n) is 1.87. The summed E-state index contributed by atoms with van der Waals surface area (Å²) in [6.45, 7) is -0.605. The van der Waals surface area contributed by atoms with E-state index in [1.54, 1.807) is 24.3 Å². The quantitative estimate of drug-likeness (QED) is 0.560. The lowest BCUT2D eigenvalue weighted by Crippen LogP contribution is -2.37. The molecule has 16 heavy (non-hydrogen) atoms. The van der Waals surface area contributed by atoms with Gasteiger partial charge in [0.1, 0.15) is 12.6 Å². The van der Waals surface area contributed by atoms with Gasteiger partial charge in [-0.1, -0.05) is 18.2 Å². The zero-order valence-corrected chi connectivity index (χ0v) is 8.29. The number of aliphatic hydroxyl groups excluding tert-OH is 1. The molecular formula is C10H10N2O4. The van der Waals surface area contributed by atoms with Crippen LogP contribution in [0.25, 0.3) is 0 Å². The molecule has 0 saturated heterocycles. The molecule has 2 atom stereocenters. The van der Waals surface area contributed by atoms with Gasteiger partial charge in [0.2, 0.25) is 0 Å². The van der Waals surface area contributed by atoms with Crippen molar-refractivity contribution in [2.24, 2.45) is 0 Å². The topological polar surface area (TPSA) is 92.5 Å². The summed E-state index contributed by atoms with van der Waals surface area (Å²) >= 11 is 0. The van der Waals surface area contributed by atoms with E-state index < -0.39 is 23.6 Å². The zero-order chi connectivity index (χ0) is 11.7. The molecule has 6 nitrogen and oxygen atoms in total. The van der Waals surface area contributed by atoms with Crippen molar-refractivity contribution in [1.82, 2.24) is 5.32 Å². The smallest absolute Gasteiger partial charge is 0.259 e. The molecule has 6 heteroatoms. The van der Waals surface area contributed by atoms with Gasteiger partial charge in [0.15, 0.2) is 0 Å². The predicted octanol–water partition coefficient (Wildman–Crippen LogP) is 0.109. The molecule has 0 fully saturated rings. The van der Waals surface area contributed by atoms with Gasteiger partial charge in [0, 0.05) is 10.5 Å². The van der Waals surface area contributed by atoms with E-state index in [1.807, 2.05) is 0 Å². The Labute approximate surface area is 91.0 Å². The maximum Gasteiger partial charge on any atom is 0.259 e. The van der Waals surface area contributed by atoms with Crippen LogP contribution in [0.1, 0.15) is 22.0 Å². The highest BCUT2D eigenvalue weighted by Gasteiger charge is 2.40. The van der Waals surface area contributed by atoms with Crippen LogP contribution < -0.4 is 5.32 Å². The summed E-state index contributed by atoms with van der Waals surface area (Å²) < 4.78 is 0. The molecule has 1 aliphatic heterocycles. The second-order valence-electron chi connectivity index (χ2n) is 3.57. The number of hydrogen-bond donors (Lipinski definition) is 2. The number of rotatable bonds is 3. The standard InChI is InChI=1S/C10H10N2O4/c13-5-8(12(15)16)9-6-3-1-2-4-7(6)10(14)11-9/h1-4,8-9,13H,5H2,(H,11,14)/t8-,9+/m0/s1. The van der Waals surface area contributed by atoms with Crippen LogP contribution >= 0.6 is 0 Å². The summed E-state index contributed by atoms with van der Waals surface area (Å²) in [5, 5.41) is 22.2. The number of nitro groups is 1. The summed E-state index contributed by atoms with van der Waals surface area (Å²) in [6.07, 6.45) is 0. The number of amides is 1. The Morgan fingerprint density at radius 3 is 2.81 bits per heavy atom. The lowest BCUT2D eigenvalue weighted by Gasteiger charge is -2.14. The Balaban J connectivity index is 2.40. The van der Waals surface area contributed by atoms with Crippen LogP contribution in [0.15, 0.2) is 24.3 Å². The van der Waals surface area contributed by atoms with Crippen molar-refractivity contribution in [2.75, 3.05) is 6.61 Å². The molecule has 0 radical (unpaired) electrons. The number of aliphatic hydroxyl groups is 1. The maximum atomic E-state index is 11.5. The molecule has 1 aromatic carbocycles. The fourth-order valence-corrected chi connectivity index (χ4v) is 1.87. The largest absolute Gasteiger partial charge is 0.389 e. The third-order valence-electron chi connectivity index (χ3n) is 2.67. The van der Waals surface area contributed by atoms with E-state index in [0.29, 0.717) is 11.1 Å². The van der Waals surface area contributed by atoms with E-state index in [9.17, 15) is 14.9 Å². The van der Waals surface area contributed by atoms with Crippen LogP contribution in [0.4, 0.5) is 0 Å². The van der Waals surface area contributed by atoms with E-state index in [4.69, 9.17) is 5.11 Å². The number of carbonyl (C=O) groups is 1. The molecule has 2 N–H and O–H groups in total. The van der Waals surface area contributed by atoms with Crippen molar-refractivity contribution in [3.63, 3.8) is 0 Å². The van der Waals surface area contributed by atoms with E-state index in [2.05, 4.69) is 5.32 Å². The van der Waals surface area contributed by atoms with Crippen molar-refractivity contribution in [3.05, 3.63) is 45.5 Å². The maximum absolute atomic E-state index is 11.5. The average molecular weight is 222 g/mol. The first-order chi connectivity index (χ1) is 7.65. The third kappa shape index (κ3) is 1.53. The van der Waals surface area contributed by atoms with Crippen LogP contribution in [0.5, 0.6) is 0 Å². The molecule has 1 aliphatic rings. The van der Waals surface area contributed by atoms with Gasteiger partial charge in [-0.05, 0) is 11.6 Å². The Bertz CT molecular complexity index is 446. The van der Waals surface area contributed by atoms with Crippen molar-refractivity contribution < 1.29 is 14.8 Å². The normalized spacial score (nSPS) is 20.1. The number of carbonyl (C=O) groups excluding carboxylic acids is 1. The van der Waals surface area contributed by atoms with Crippen LogP contribution in [-0.2, 0) is 0 Å². The summed E-state index contributed by atoms with van der Waals surface area (Å²) in [6, 6.07) is 4.72. The Morgan fingerprint density at radius 2 is 2.19 bits per heavy atom. The first kappa shape index (κ1) is 10.6. The SMILES string of the molecule is O=C1N[C@@H]([C@H](CO)[N+](=O)[O-])c2ccccc21. The Morgan fingerprint density at radius 1 is 1.50 bits per heavy atom. The molecule has 0 spiro atoms. The van der Waals surface area contributed by atoms with Crippen LogP contribution in [0.3, 0.4) is 0 Å². The highest BCUT2D eigenvalue weighted by Crippen LogP contribution is 2.28. The first-order valence-electron chi connectivity index (χ1n) is 4.79. The lowest BCUT2D eigenvalue weighted by molar-refractivity contribution is -0.530. The first-order valence-corrected chi connectivity index (χ1v) is 4.79. The molecular weight excluding hydrogens is 212 g/mol. The number of hydrogen-bond acceptors (Lipinski definition) is 4. The number of nitrogens with zero attached hydrogens (tertiary/aromatic N) is 1. The van der Waals surface area contributed by atoms with Gasteiger partial charge in [0.25, 0.3) is 11.9 Å². The monoisotopic (exact) mass is 222 g/mol. The van der Waals surface area contributed by atoms with Crippen molar-refractivity contribution >= 4 is 5.91 Å². The number of benzene rings is 1.